The lowest BCUT2D eigenvalue weighted by atomic mass is 10.2. The van der Waals surface area contributed by atoms with E-state index in [-0.39, 0.29) is 0 Å². The van der Waals surface area contributed by atoms with E-state index in [0.717, 1.165) is 18.7 Å². The van der Waals surface area contributed by atoms with E-state index >= 15 is 0 Å². The molecule has 1 fully saturated rings. The van der Waals surface area contributed by atoms with Gasteiger partial charge in [-0.2, -0.15) is 0 Å². The van der Waals surface area contributed by atoms with Gasteiger partial charge in [0.05, 0.1) is 18.7 Å². The van der Waals surface area contributed by atoms with Crippen molar-refractivity contribution in [3.8, 4) is 11.5 Å². The summed E-state index contributed by atoms with van der Waals surface area (Å²) in [4.78, 5) is 0. The van der Waals surface area contributed by atoms with E-state index < -0.39 is 0 Å². The van der Waals surface area contributed by atoms with Crippen LogP contribution in [0.2, 0.25) is 5.02 Å². The van der Waals surface area contributed by atoms with Crippen molar-refractivity contribution >= 4 is 11.6 Å². The Balaban J connectivity index is 2.16. The van der Waals surface area contributed by atoms with Crippen LogP contribution in [-0.2, 0) is 6.54 Å². The van der Waals surface area contributed by atoms with E-state index in [1.54, 1.807) is 7.11 Å². The highest BCUT2D eigenvalue weighted by Crippen LogP contribution is 2.38. The quantitative estimate of drug-likeness (QED) is 0.848. The van der Waals surface area contributed by atoms with Crippen molar-refractivity contribution in [2.75, 3.05) is 20.8 Å². The van der Waals surface area contributed by atoms with Gasteiger partial charge >= 0.3 is 0 Å². The zero-order valence-corrected chi connectivity index (χ0v) is 11.0. The van der Waals surface area contributed by atoms with Crippen LogP contribution in [0.1, 0.15) is 18.4 Å². The summed E-state index contributed by atoms with van der Waals surface area (Å²) in [6, 6.07) is 3.88. The third-order valence-corrected chi connectivity index (χ3v) is 3.11. The smallest absolute Gasteiger partial charge is 0.179 e. The van der Waals surface area contributed by atoms with Crippen LogP contribution in [0, 0.1) is 5.92 Å². The van der Waals surface area contributed by atoms with Gasteiger partial charge in [-0.1, -0.05) is 11.6 Å². The maximum Gasteiger partial charge on any atom is 0.179 e. The Morgan fingerprint density at radius 1 is 1.41 bits per heavy atom. The summed E-state index contributed by atoms with van der Waals surface area (Å²) in [5.74, 6) is 2.08. The maximum absolute atomic E-state index is 6.22. The van der Waals surface area contributed by atoms with Crippen LogP contribution < -0.4 is 14.8 Å². The Kier molecular flexibility index (Phi) is 4.13. The standard InChI is InChI=1S/C13H18ClNO2/c1-15-7-10-5-11(14)13(12(6-10)16-2)17-8-9-3-4-9/h5-6,9,15H,3-4,7-8H2,1-2H3. The highest BCUT2D eigenvalue weighted by molar-refractivity contribution is 6.32. The number of rotatable bonds is 6. The molecular weight excluding hydrogens is 238 g/mol. The molecule has 17 heavy (non-hydrogen) atoms. The molecule has 2 rings (SSSR count). The number of methoxy groups -OCH3 is 1. The number of hydrogen-bond donors (Lipinski definition) is 1. The van der Waals surface area contributed by atoms with Gasteiger partial charge in [0.1, 0.15) is 0 Å². The van der Waals surface area contributed by atoms with Crippen LogP contribution in [0.5, 0.6) is 11.5 Å². The van der Waals surface area contributed by atoms with Crippen molar-refractivity contribution in [1.29, 1.82) is 0 Å². The van der Waals surface area contributed by atoms with Crippen LogP contribution in [0.15, 0.2) is 12.1 Å². The molecule has 1 aromatic carbocycles. The van der Waals surface area contributed by atoms with Crippen LogP contribution >= 0.6 is 11.6 Å². The predicted octanol–water partition coefficient (Wildman–Crippen LogP) is 2.86. The lowest BCUT2D eigenvalue weighted by molar-refractivity contribution is 0.280. The van der Waals surface area contributed by atoms with E-state index in [4.69, 9.17) is 21.1 Å². The molecule has 0 aromatic heterocycles. The normalized spacial score (nSPS) is 14.8. The van der Waals surface area contributed by atoms with Gasteiger partial charge in [0.25, 0.3) is 0 Å². The highest BCUT2D eigenvalue weighted by atomic mass is 35.5. The number of hydrogen-bond acceptors (Lipinski definition) is 3. The second-order valence-corrected chi connectivity index (χ2v) is 4.80. The SMILES string of the molecule is CNCc1cc(Cl)c(OCC2CC2)c(OC)c1. The zero-order valence-electron chi connectivity index (χ0n) is 10.3. The fraction of sp³-hybridized carbons (Fsp3) is 0.538. The largest absolute Gasteiger partial charge is 0.493 e. The first-order valence-corrected chi connectivity index (χ1v) is 6.26. The Morgan fingerprint density at radius 2 is 2.18 bits per heavy atom. The molecule has 1 saturated carbocycles. The molecule has 0 saturated heterocycles. The monoisotopic (exact) mass is 255 g/mol. The number of benzene rings is 1. The molecule has 0 radical (unpaired) electrons. The van der Waals surface area contributed by atoms with Crippen LogP contribution in [0.25, 0.3) is 0 Å². The summed E-state index contributed by atoms with van der Waals surface area (Å²) >= 11 is 6.22. The molecule has 3 nitrogen and oxygen atoms in total. The van der Waals surface area contributed by atoms with Gasteiger partial charge in [-0.15, -0.1) is 0 Å². The highest BCUT2D eigenvalue weighted by Gasteiger charge is 2.23. The van der Waals surface area contributed by atoms with Gasteiger partial charge in [0.2, 0.25) is 0 Å². The van der Waals surface area contributed by atoms with Crippen molar-refractivity contribution in [3.63, 3.8) is 0 Å². The molecule has 1 N–H and O–H groups in total. The van der Waals surface area contributed by atoms with Crippen LogP contribution in [-0.4, -0.2) is 20.8 Å². The summed E-state index contributed by atoms with van der Waals surface area (Å²) in [6.45, 7) is 1.50. The molecule has 0 spiro atoms. The molecule has 1 aliphatic carbocycles. The second-order valence-electron chi connectivity index (χ2n) is 4.39. The van der Waals surface area contributed by atoms with Gasteiger partial charge in [-0.05, 0) is 43.5 Å². The van der Waals surface area contributed by atoms with E-state index in [0.29, 0.717) is 22.4 Å². The first kappa shape index (κ1) is 12.5. The predicted molar refractivity (Wildman–Crippen MR) is 69.0 cm³/mol. The minimum Gasteiger partial charge on any atom is -0.493 e. The third-order valence-electron chi connectivity index (χ3n) is 2.83. The summed E-state index contributed by atoms with van der Waals surface area (Å²) in [6.07, 6.45) is 2.52. The van der Waals surface area contributed by atoms with Crippen molar-refractivity contribution < 1.29 is 9.47 Å². The molecule has 1 aromatic rings. The Labute approximate surface area is 107 Å². The maximum atomic E-state index is 6.22. The van der Waals surface area contributed by atoms with Gasteiger partial charge in [-0.25, -0.2) is 0 Å². The van der Waals surface area contributed by atoms with E-state index in [9.17, 15) is 0 Å². The molecule has 4 heteroatoms. The van der Waals surface area contributed by atoms with Crippen LogP contribution in [0.3, 0.4) is 0 Å². The van der Waals surface area contributed by atoms with E-state index in [1.807, 2.05) is 19.2 Å². The molecule has 0 aliphatic heterocycles. The molecule has 94 valence electrons. The fourth-order valence-electron chi connectivity index (χ4n) is 1.71. The average molecular weight is 256 g/mol. The van der Waals surface area contributed by atoms with Gasteiger partial charge in [0, 0.05) is 6.54 Å². The van der Waals surface area contributed by atoms with Crippen LogP contribution in [0.4, 0.5) is 0 Å². The molecule has 0 atom stereocenters. The Bertz CT molecular complexity index is 391. The van der Waals surface area contributed by atoms with E-state index in [1.165, 1.54) is 12.8 Å². The van der Waals surface area contributed by atoms with Gasteiger partial charge in [-0.3, -0.25) is 0 Å². The lowest BCUT2D eigenvalue weighted by Gasteiger charge is -2.14. The summed E-state index contributed by atoms with van der Waals surface area (Å²) < 4.78 is 11.1. The molecular formula is C13H18ClNO2. The molecule has 0 heterocycles. The number of halogens is 1. The number of nitrogens with one attached hydrogen (secondary N) is 1. The van der Waals surface area contributed by atoms with Crippen molar-refractivity contribution in [2.24, 2.45) is 5.92 Å². The average Bonchev–Trinajstić information content (AvgIpc) is 3.11. The minimum absolute atomic E-state index is 0.621. The van der Waals surface area contributed by atoms with Gasteiger partial charge in [0.15, 0.2) is 11.5 Å². The first-order chi connectivity index (χ1) is 8.24. The van der Waals surface area contributed by atoms with Gasteiger partial charge < -0.3 is 14.8 Å². The Morgan fingerprint density at radius 3 is 2.76 bits per heavy atom. The third kappa shape index (κ3) is 3.27. The molecule has 1 aliphatic rings. The van der Waals surface area contributed by atoms with Crippen molar-refractivity contribution in [2.45, 2.75) is 19.4 Å². The number of ether oxygens (including phenoxy) is 2. The fourth-order valence-corrected chi connectivity index (χ4v) is 1.99. The topological polar surface area (TPSA) is 30.5 Å². The summed E-state index contributed by atoms with van der Waals surface area (Å²) in [5, 5.41) is 3.71. The lowest BCUT2D eigenvalue weighted by Crippen LogP contribution is -2.06. The van der Waals surface area contributed by atoms with Crippen molar-refractivity contribution in [1.82, 2.24) is 5.32 Å². The summed E-state index contributed by atoms with van der Waals surface area (Å²) in [7, 11) is 3.54. The van der Waals surface area contributed by atoms with E-state index in [2.05, 4.69) is 5.32 Å². The summed E-state index contributed by atoms with van der Waals surface area (Å²) in [5.41, 5.74) is 1.09. The molecule has 0 bridgehead atoms. The molecule has 0 amide bonds. The Hall–Kier alpha value is -0.930. The zero-order chi connectivity index (χ0) is 12.3. The molecule has 0 unspecified atom stereocenters. The van der Waals surface area contributed by atoms with Crippen molar-refractivity contribution in [3.05, 3.63) is 22.7 Å². The first-order valence-electron chi connectivity index (χ1n) is 5.88. The minimum atomic E-state index is 0.621. The second kappa shape index (κ2) is 5.61.